The van der Waals surface area contributed by atoms with Crippen LogP contribution in [0.25, 0.3) is 0 Å². The Bertz CT molecular complexity index is 529. The van der Waals surface area contributed by atoms with Gasteiger partial charge in [-0.2, -0.15) is 0 Å². The van der Waals surface area contributed by atoms with Crippen molar-refractivity contribution in [2.24, 2.45) is 5.92 Å². The first-order valence-electron chi connectivity index (χ1n) is 6.60. The van der Waals surface area contributed by atoms with Gasteiger partial charge in [0.15, 0.2) is 0 Å². The molecule has 0 aliphatic rings. The molecule has 0 saturated heterocycles. The van der Waals surface area contributed by atoms with E-state index in [-0.39, 0.29) is 18.1 Å². The summed E-state index contributed by atoms with van der Waals surface area (Å²) in [7, 11) is 1.71. The van der Waals surface area contributed by atoms with E-state index in [1.165, 1.54) is 12.1 Å². The predicted octanol–water partition coefficient (Wildman–Crippen LogP) is 2.29. The number of aliphatic hydroxyl groups is 1. The van der Waals surface area contributed by atoms with Crippen LogP contribution in [0.2, 0.25) is 0 Å². The summed E-state index contributed by atoms with van der Waals surface area (Å²) in [5.74, 6) is 4.64. The number of carbonyl (C=O) groups is 1. The van der Waals surface area contributed by atoms with E-state index in [2.05, 4.69) is 25.7 Å². The van der Waals surface area contributed by atoms with E-state index < -0.39 is 5.82 Å². The molecule has 0 aliphatic heterocycles. The number of amides is 1. The number of aliphatic hydroxyl groups excluding tert-OH is 1. The van der Waals surface area contributed by atoms with Crippen LogP contribution in [0.5, 0.6) is 0 Å². The van der Waals surface area contributed by atoms with Gasteiger partial charge in [-0.15, -0.1) is 0 Å². The highest BCUT2D eigenvalue weighted by Crippen LogP contribution is 2.12. The first kappa shape index (κ1) is 16.2. The number of nitrogens with zero attached hydrogens (tertiary/aromatic N) is 1. The van der Waals surface area contributed by atoms with Gasteiger partial charge >= 0.3 is 0 Å². The lowest BCUT2D eigenvalue weighted by Crippen LogP contribution is -2.28. The summed E-state index contributed by atoms with van der Waals surface area (Å²) < 4.78 is 13.8. The molecule has 1 aromatic carbocycles. The Morgan fingerprint density at radius 1 is 1.45 bits per heavy atom. The molecule has 0 bridgehead atoms. The number of benzene rings is 1. The number of hydrogen-bond acceptors (Lipinski definition) is 2. The summed E-state index contributed by atoms with van der Waals surface area (Å²) in [5.41, 5.74) is 0.490. The fourth-order valence-electron chi connectivity index (χ4n) is 1.66. The summed E-state index contributed by atoms with van der Waals surface area (Å²) in [6.45, 7) is 4.50. The molecule has 1 N–H and O–H groups in total. The van der Waals surface area contributed by atoms with Crippen molar-refractivity contribution in [2.75, 3.05) is 20.2 Å². The highest BCUT2D eigenvalue weighted by atomic mass is 19.1. The van der Waals surface area contributed by atoms with E-state index in [1.807, 2.05) is 0 Å². The monoisotopic (exact) mass is 277 g/mol. The fraction of sp³-hybridized carbons (Fsp3) is 0.438. The zero-order chi connectivity index (χ0) is 15.1. The van der Waals surface area contributed by atoms with Crippen molar-refractivity contribution in [3.05, 3.63) is 35.1 Å². The average molecular weight is 277 g/mol. The molecule has 0 unspecified atom stereocenters. The van der Waals surface area contributed by atoms with Crippen LogP contribution in [0.1, 0.15) is 36.2 Å². The molecule has 0 atom stereocenters. The van der Waals surface area contributed by atoms with Gasteiger partial charge in [-0.05, 0) is 30.5 Å². The molecule has 0 saturated carbocycles. The maximum absolute atomic E-state index is 13.8. The third-order valence-electron chi connectivity index (χ3n) is 2.91. The molecule has 1 amide bonds. The first-order chi connectivity index (χ1) is 9.45. The fourth-order valence-corrected chi connectivity index (χ4v) is 1.66. The van der Waals surface area contributed by atoms with Gasteiger partial charge < -0.3 is 10.0 Å². The molecule has 20 heavy (non-hydrogen) atoms. The molecule has 0 aromatic heterocycles. The molecule has 0 spiro atoms. The van der Waals surface area contributed by atoms with E-state index in [0.717, 1.165) is 6.42 Å². The van der Waals surface area contributed by atoms with Crippen molar-refractivity contribution < 1.29 is 14.3 Å². The minimum Gasteiger partial charge on any atom is -0.384 e. The van der Waals surface area contributed by atoms with Gasteiger partial charge in [-0.1, -0.05) is 25.7 Å². The Morgan fingerprint density at radius 3 is 2.70 bits per heavy atom. The van der Waals surface area contributed by atoms with Crippen molar-refractivity contribution >= 4 is 5.91 Å². The van der Waals surface area contributed by atoms with Gasteiger partial charge in [0.2, 0.25) is 0 Å². The highest BCUT2D eigenvalue weighted by molar-refractivity contribution is 5.94. The summed E-state index contributed by atoms with van der Waals surface area (Å²) in [5, 5.41) is 8.58. The third-order valence-corrected chi connectivity index (χ3v) is 2.91. The minimum atomic E-state index is -0.547. The van der Waals surface area contributed by atoms with Crippen molar-refractivity contribution in [3.63, 3.8) is 0 Å². The van der Waals surface area contributed by atoms with Crippen molar-refractivity contribution in [2.45, 2.75) is 20.3 Å². The molecule has 108 valence electrons. The van der Waals surface area contributed by atoms with Gasteiger partial charge in [-0.3, -0.25) is 4.79 Å². The SMILES string of the molecule is CC(C)CCN(C)C(=O)c1ccc(C#CCO)c(F)c1. The second-order valence-corrected chi connectivity index (χ2v) is 5.06. The van der Waals surface area contributed by atoms with Gasteiger partial charge in [0.05, 0.1) is 5.56 Å². The topological polar surface area (TPSA) is 40.5 Å². The largest absolute Gasteiger partial charge is 0.384 e. The quantitative estimate of drug-likeness (QED) is 0.858. The Morgan fingerprint density at radius 2 is 2.15 bits per heavy atom. The number of rotatable bonds is 4. The molecule has 1 rings (SSSR count). The van der Waals surface area contributed by atoms with Gasteiger partial charge in [-0.25, -0.2) is 4.39 Å². The highest BCUT2D eigenvalue weighted by Gasteiger charge is 2.13. The Labute approximate surface area is 119 Å². The summed E-state index contributed by atoms with van der Waals surface area (Å²) >= 11 is 0. The average Bonchev–Trinajstić information content (AvgIpc) is 2.42. The van der Waals surface area contributed by atoms with E-state index in [9.17, 15) is 9.18 Å². The Kier molecular flexibility index (Phi) is 6.20. The van der Waals surface area contributed by atoms with Crippen LogP contribution in [0.15, 0.2) is 18.2 Å². The van der Waals surface area contributed by atoms with Crippen LogP contribution in [0.4, 0.5) is 4.39 Å². The maximum atomic E-state index is 13.8. The zero-order valence-electron chi connectivity index (χ0n) is 12.1. The lowest BCUT2D eigenvalue weighted by atomic mass is 10.1. The summed E-state index contributed by atoms with van der Waals surface area (Å²) in [6.07, 6.45) is 0.908. The molecule has 4 heteroatoms. The Balaban J connectivity index is 2.81. The van der Waals surface area contributed by atoms with Crippen LogP contribution in [-0.4, -0.2) is 36.1 Å². The molecule has 1 aromatic rings. The molecule has 0 aliphatic carbocycles. The van der Waals surface area contributed by atoms with Gasteiger partial charge in [0, 0.05) is 19.2 Å². The summed E-state index contributed by atoms with van der Waals surface area (Å²) in [4.78, 5) is 13.7. The van der Waals surface area contributed by atoms with E-state index in [0.29, 0.717) is 18.0 Å². The molecule has 3 nitrogen and oxygen atoms in total. The van der Waals surface area contributed by atoms with Crippen molar-refractivity contribution in [3.8, 4) is 11.8 Å². The predicted molar refractivity (Wildman–Crippen MR) is 76.8 cm³/mol. The van der Waals surface area contributed by atoms with Crippen molar-refractivity contribution in [1.82, 2.24) is 4.90 Å². The third kappa shape index (κ3) is 4.67. The number of carbonyl (C=O) groups excluding carboxylic acids is 1. The number of halogens is 1. The second-order valence-electron chi connectivity index (χ2n) is 5.06. The minimum absolute atomic E-state index is 0.181. The standard InChI is InChI=1S/C16H20FNO2/c1-12(2)8-9-18(3)16(20)14-7-6-13(5-4-10-19)15(17)11-14/h6-7,11-12,19H,8-10H2,1-3H3. The van der Waals surface area contributed by atoms with Crippen molar-refractivity contribution in [1.29, 1.82) is 0 Å². The summed E-state index contributed by atoms with van der Waals surface area (Å²) in [6, 6.07) is 4.20. The lowest BCUT2D eigenvalue weighted by molar-refractivity contribution is 0.0788. The zero-order valence-corrected chi connectivity index (χ0v) is 12.1. The Hall–Kier alpha value is -1.86. The van der Waals surface area contributed by atoms with Crippen LogP contribution < -0.4 is 0 Å². The molecule has 0 fully saturated rings. The van der Waals surface area contributed by atoms with Crippen LogP contribution in [-0.2, 0) is 0 Å². The van der Waals surface area contributed by atoms with E-state index in [4.69, 9.17) is 5.11 Å². The first-order valence-corrected chi connectivity index (χ1v) is 6.60. The van der Waals surface area contributed by atoms with E-state index in [1.54, 1.807) is 18.0 Å². The van der Waals surface area contributed by atoms with Crippen LogP contribution >= 0.6 is 0 Å². The smallest absolute Gasteiger partial charge is 0.253 e. The lowest BCUT2D eigenvalue weighted by Gasteiger charge is -2.18. The normalized spacial score (nSPS) is 10.1. The maximum Gasteiger partial charge on any atom is 0.253 e. The number of hydrogen-bond donors (Lipinski definition) is 1. The van der Waals surface area contributed by atoms with Gasteiger partial charge in [0.25, 0.3) is 5.91 Å². The van der Waals surface area contributed by atoms with Crippen LogP contribution in [0.3, 0.4) is 0 Å². The molecular weight excluding hydrogens is 257 g/mol. The van der Waals surface area contributed by atoms with Gasteiger partial charge in [0.1, 0.15) is 12.4 Å². The van der Waals surface area contributed by atoms with E-state index >= 15 is 0 Å². The molecule has 0 radical (unpaired) electrons. The molecular formula is C16H20FNO2. The second kappa shape index (κ2) is 7.66. The van der Waals surface area contributed by atoms with Crippen LogP contribution in [0, 0.1) is 23.6 Å². The molecule has 0 heterocycles.